The van der Waals surface area contributed by atoms with Gasteiger partial charge in [-0.05, 0) is 38.3 Å². The van der Waals surface area contributed by atoms with E-state index in [1.54, 1.807) is 18.2 Å². The lowest BCUT2D eigenvalue weighted by molar-refractivity contribution is -0.126. The van der Waals surface area contributed by atoms with Gasteiger partial charge < -0.3 is 5.32 Å². The lowest BCUT2D eigenvalue weighted by atomic mass is 9.97. The van der Waals surface area contributed by atoms with E-state index in [0.717, 1.165) is 18.1 Å². The molecule has 2 heterocycles. The number of sulfonamides is 1. The topological polar surface area (TPSA) is 92.3 Å². The Kier molecular flexibility index (Phi) is 5.35. The van der Waals surface area contributed by atoms with Gasteiger partial charge in [0, 0.05) is 25.0 Å². The molecule has 0 radical (unpaired) electrons. The number of nitrogens with zero attached hydrogens (tertiary/aromatic N) is 3. The first-order valence-corrected chi connectivity index (χ1v) is 10.6. The van der Waals surface area contributed by atoms with E-state index in [1.165, 1.54) is 4.31 Å². The van der Waals surface area contributed by atoms with Crippen molar-refractivity contribution in [2.24, 2.45) is 5.92 Å². The Morgan fingerprint density at radius 2 is 2.08 bits per heavy atom. The van der Waals surface area contributed by atoms with Gasteiger partial charge in [0.25, 0.3) is 0 Å². The summed E-state index contributed by atoms with van der Waals surface area (Å²) in [5, 5.41) is 2.98. The van der Waals surface area contributed by atoms with E-state index >= 15 is 0 Å². The minimum atomic E-state index is -3.63. The zero-order valence-corrected chi connectivity index (χ0v) is 15.9. The molecule has 0 saturated carbocycles. The molecule has 9 heteroatoms. The van der Waals surface area contributed by atoms with E-state index in [0.29, 0.717) is 37.0 Å². The number of benzene rings is 1. The molecule has 1 N–H and O–H groups in total. The SMILES string of the molecule is CC[C@H](C)NC(=O)C1CCN(S(=O)(=O)c2cccc3nsnc23)CC1. The average molecular weight is 383 g/mol. The number of aromatic nitrogens is 2. The van der Waals surface area contributed by atoms with Crippen molar-refractivity contribution in [3.05, 3.63) is 18.2 Å². The molecule has 1 aromatic heterocycles. The van der Waals surface area contributed by atoms with Gasteiger partial charge in [-0.25, -0.2) is 8.42 Å². The summed E-state index contributed by atoms with van der Waals surface area (Å²) >= 11 is 1.01. The molecule has 0 spiro atoms. The second-order valence-electron chi connectivity index (χ2n) is 6.38. The van der Waals surface area contributed by atoms with Gasteiger partial charge in [-0.15, -0.1) is 0 Å². The summed E-state index contributed by atoms with van der Waals surface area (Å²) in [6.07, 6.45) is 1.95. The molecule has 0 unspecified atom stereocenters. The number of hydrogen-bond acceptors (Lipinski definition) is 6. The maximum atomic E-state index is 13.0. The summed E-state index contributed by atoms with van der Waals surface area (Å²) in [5.41, 5.74) is 1.01. The third-order valence-corrected chi connectivity index (χ3v) is 7.17. The standard InChI is InChI=1S/C16H22N4O3S2/c1-3-11(2)17-16(21)12-7-9-20(10-8-12)25(22,23)14-6-4-5-13-15(14)19-24-18-13/h4-6,11-12H,3,7-10H2,1-2H3,(H,17,21)/t11-/m0/s1. The highest BCUT2D eigenvalue weighted by atomic mass is 32.2. The summed E-state index contributed by atoms with van der Waals surface area (Å²) < 4.78 is 35.6. The summed E-state index contributed by atoms with van der Waals surface area (Å²) in [6.45, 7) is 4.68. The monoisotopic (exact) mass is 382 g/mol. The van der Waals surface area contributed by atoms with Gasteiger partial charge in [-0.3, -0.25) is 4.79 Å². The molecule has 2 aromatic rings. The summed E-state index contributed by atoms with van der Waals surface area (Å²) in [7, 11) is -3.63. The minimum absolute atomic E-state index is 0.0252. The third-order valence-electron chi connectivity index (χ3n) is 4.69. The third kappa shape index (κ3) is 3.68. The van der Waals surface area contributed by atoms with E-state index < -0.39 is 10.0 Å². The van der Waals surface area contributed by atoms with Gasteiger partial charge >= 0.3 is 0 Å². The van der Waals surface area contributed by atoms with Crippen LogP contribution in [0.1, 0.15) is 33.1 Å². The number of carbonyl (C=O) groups excluding carboxylic acids is 1. The van der Waals surface area contributed by atoms with Crippen molar-refractivity contribution in [3.8, 4) is 0 Å². The number of hydrogen-bond donors (Lipinski definition) is 1. The number of piperidine rings is 1. The molecule has 136 valence electrons. The highest BCUT2D eigenvalue weighted by Crippen LogP contribution is 2.28. The van der Waals surface area contributed by atoms with Crippen molar-refractivity contribution in [1.29, 1.82) is 0 Å². The molecular weight excluding hydrogens is 360 g/mol. The maximum absolute atomic E-state index is 13.0. The van der Waals surface area contributed by atoms with Crippen LogP contribution in [0.15, 0.2) is 23.1 Å². The van der Waals surface area contributed by atoms with E-state index in [9.17, 15) is 13.2 Å². The van der Waals surface area contributed by atoms with Crippen molar-refractivity contribution in [2.45, 2.75) is 44.0 Å². The number of rotatable bonds is 5. The molecule has 1 amide bonds. The van der Waals surface area contributed by atoms with Crippen molar-refractivity contribution in [3.63, 3.8) is 0 Å². The Labute approximate surface area is 151 Å². The van der Waals surface area contributed by atoms with Crippen LogP contribution < -0.4 is 5.32 Å². The molecule has 0 bridgehead atoms. The zero-order chi connectivity index (χ0) is 18.0. The van der Waals surface area contributed by atoms with Crippen LogP contribution in [-0.2, 0) is 14.8 Å². The molecular formula is C16H22N4O3S2. The van der Waals surface area contributed by atoms with Crippen LogP contribution in [0.25, 0.3) is 11.0 Å². The van der Waals surface area contributed by atoms with Crippen molar-refractivity contribution >= 4 is 38.7 Å². The van der Waals surface area contributed by atoms with Crippen LogP contribution in [-0.4, -0.2) is 46.5 Å². The molecule has 1 aromatic carbocycles. The summed E-state index contributed by atoms with van der Waals surface area (Å²) in [6, 6.07) is 5.15. The molecule has 25 heavy (non-hydrogen) atoms. The molecule has 0 aliphatic carbocycles. The van der Waals surface area contributed by atoms with Crippen molar-refractivity contribution in [2.75, 3.05) is 13.1 Å². The first-order valence-electron chi connectivity index (χ1n) is 8.45. The van der Waals surface area contributed by atoms with Crippen LogP contribution in [0, 0.1) is 5.92 Å². The van der Waals surface area contributed by atoms with Crippen LogP contribution in [0.2, 0.25) is 0 Å². The summed E-state index contributed by atoms with van der Waals surface area (Å²) in [5.74, 6) is -0.102. The average Bonchev–Trinajstić information content (AvgIpc) is 3.10. The highest BCUT2D eigenvalue weighted by molar-refractivity contribution is 7.89. The van der Waals surface area contributed by atoms with E-state index in [-0.39, 0.29) is 22.8 Å². The zero-order valence-electron chi connectivity index (χ0n) is 14.3. The Balaban J connectivity index is 1.72. The van der Waals surface area contributed by atoms with E-state index in [2.05, 4.69) is 14.1 Å². The van der Waals surface area contributed by atoms with Crippen LogP contribution >= 0.6 is 11.7 Å². The fraction of sp³-hybridized carbons (Fsp3) is 0.562. The number of nitrogens with one attached hydrogen (secondary N) is 1. The van der Waals surface area contributed by atoms with E-state index in [4.69, 9.17) is 0 Å². The first-order chi connectivity index (χ1) is 11.9. The minimum Gasteiger partial charge on any atom is -0.353 e. The van der Waals surface area contributed by atoms with Gasteiger partial charge in [0.05, 0.1) is 11.7 Å². The Morgan fingerprint density at radius 1 is 1.36 bits per heavy atom. The van der Waals surface area contributed by atoms with Gasteiger partial charge in [0.2, 0.25) is 15.9 Å². The fourth-order valence-electron chi connectivity index (χ4n) is 2.95. The Morgan fingerprint density at radius 3 is 2.76 bits per heavy atom. The number of carbonyl (C=O) groups is 1. The van der Waals surface area contributed by atoms with Gasteiger partial charge in [0.1, 0.15) is 15.9 Å². The quantitative estimate of drug-likeness (QED) is 0.854. The smallest absolute Gasteiger partial charge is 0.245 e. The molecule has 1 aliphatic heterocycles. The van der Waals surface area contributed by atoms with Crippen molar-refractivity contribution < 1.29 is 13.2 Å². The van der Waals surface area contributed by atoms with Crippen LogP contribution in [0.4, 0.5) is 0 Å². The fourth-order valence-corrected chi connectivity index (χ4v) is 5.17. The predicted molar refractivity (Wildman–Crippen MR) is 96.8 cm³/mol. The molecule has 1 atom stereocenters. The van der Waals surface area contributed by atoms with E-state index in [1.807, 2.05) is 13.8 Å². The van der Waals surface area contributed by atoms with Gasteiger partial charge in [-0.1, -0.05) is 13.0 Å². The Hall–Kier alpha value is -1.58. The van der Waals surface area contributed by atoms with Crippen LogP contribution in [0.3, 0.4) is 0 Å². The second kappa shape index (κ2) is 7.35. The van der Waals surface area contributed by atoms with Gasteiger partial charge in [0.15, 0.2) is 0 Å². The molecule has 1 saturated heterocycles. The van der Waals surface area contributed by atoms with Gasteiger partial charge in [-0.2, -0.15) is 13.1 Å². The van der Waals surface area contributed by atoms with Crippen LogP contribution in [0.5, 0.6) is 0 Å². The highest BCUT2D eigenvalue weighted by Gasteiger charge is 2.33. The summed E-state index contributed by atoms with van der Waals surface area (Å²) in [4.78, 5) is 12.4. The number of amides is 1. The normalized spacial score (nSPS) is 18.3. The maximum Gasteiger partial charge on any atom is 0.245 e. The largest absolute Gasteiger partial charge is 0.353 e. The molecule has 3 rings (SSSR count). The lowest BCUT2D eigenvalue weighted by Crippen LogP contribution is -2.44. The first kappa shape index (κ1) is 18.2. The molecule has 1 aliphatic rings. The lowest BCUT2D eigenvalue weighted by Gasteiger charge is -2.31. The van der Waals surface area contributed by atoms with Crippen molar-refractivity contribution in [1.82, 2.24) is 18.4 Å². The second-order valence-corrected chi connectivity index (χ2v) is 8.82. The molecule has 1 fully saturated rings. The number of fused-ring (bicyclic) bond motifs is 1. The molecule has 7 nitrogen and oxygen atoms in total. The predicted octanol–water partition coefficient (Wildman–Crippen LogP) is 2.01. The Bertz CT molecular complexity index is 857.